The summed E-state index contributed by atoms with van der Waals surface area (Å²) in [6.45, 7) is 0. The highest BCUT2D eigenvalue weighted by molar-refractivity contribution is 5.87. The predicted octanol–water partition coefficient (Wildman–Crippen LogP) is 1.07. The minimum atomic E-state index is 0.764. The Kier molecular flexibility index (Phi) is 1.59. The number of fused-ring (bicyclic) bond motifs is 1. The lowest BCUT2D eigenvalue weighted by molar-refractivity contribution is 0.898. The molecule has 0 aliphatic rings. The minimum Gasteiger partial charge on any atom is -0.371 e. The number of anilines is 1. The van der Waals surface area contributed by atoms with Gasteiger partial charge in [-0.1, -0.05) is 12.1 Å². The molecule has 0 fully saturated rings. The van der Waals surface area contributed by atoms with Gasteiger partial charge in [-0.2, -0.15) is 0 Å². The van der Waals surface area contributed by atoms with Gasteiger partial charge in [-0.05, 0) is 17.3 Å². The highest BCUT2D eigenvalue weighted by Crippen LogP contribution is 2.15. The number of nitrogens with one attached hydrogen (secondary N) is 1. The van der Waals surface area contributed by atoms with Crippen LogP contribution in [0.5, 0.6) is 0 Å². The van der Waals surface area contributed by atoms with Gasteiger partial charge >= 0.3 is 0 Å². The second kappa shape index (κ2) is 2.73. The average Bonchev–Trinajstić information content (AvgIpc) is 2.17. The Morgan fingerprint density at radius 3 is 2.83 bits per heavy atom. The quantitative estimate of drug-likeness (QED) is 0.677. The van der Waals surface area contributed by atoms with E-state index in [1.54, 1.807) is 0 Å². The molecule has 4 heteroatoms. The lowest BCUT2D eigenvalue weighted by atomic mass is 10.2. The molecule has 2 aromatic rings. The summed E-state index contributed by atoms with van der Waals surface area (Å²) in [6.07, 6.45) is 0. The van der Waals surface area contributed by atoms with Crippen LogP contribution in [-0.4, -0.2) is 22.5 Å². The molecule has 0 spiro atoms. The smallest absolute Gasteiger partial charge is 0.159 e. The standard InChI is InChI=1S/C8H8N4/c1-9-8-6-4-2-3-5-7(6)10-12-11-8/h2-5H,1H3,(H,9,10,11). The van der Waals surface area contributed by atoms with Crippen molar-refractivity contribution < 1.29 is 0 Å². The Morgan fingerprint density at radius 1 is 1.17 bits per heavy atom. The van der Waals surface area contributed by atoms with Crippen molar-refractivity contribution in [1.82, 2.24) is 15.4 Å². The van der Waals surface area contributed by atoms with Crippen molar-refractivity contribution in [1.29, 1.82) is 0 Å². The fourth-order valence-corrected chi connectivity index (χ4v) is 1.11. The summed E-state index contributed by atoms with van der Waals surface area (Å²) in [6, 6.07) is 7.75. The Balaban J connectivity index is 2.79. The summed E-state index contributed by atoms with van der Waals surface area (Å²) in [5, 5.41) is 15.3. The van der Waals surface area contributed by atoms with E-state index in [0.717, 1.165) is 16.7 Å². The highest BCUT2D eigenvalue weighted by Gasteiger charge is 1.99. The summed E-state index contributed by atoms with van der Waals surface area (Å²) in [5.41, 5.74) is 0.858. The van der Waals surface area contributed by atoms with Crippen molar-refractivity contribution in [2.45, 2.75) is 0 Å². The molecule has 4 nitrogen and oxygen atoms in total. The van der Waals surface area contributed by atoms with Gasteiger partial charge in [0.25, 0.3) is 0 Å². The topological polar surface area (TPSA) is 50.7 Å². The number of hydrogen-bond donors (Lipinski definition) is 1. The third kappa shape index (κ3) is 0.972. The van der Waals surface area contributed by atoms with Crippen LogP contribution in [0, 0.1) is 0 Å². The highest BCUT2D eigenvalue weighted by atomic mass is 15.3. The Hall–Kier alpha value is -1.71. The Labute approximate surface area is 69.6 Å². The first-order valence-electron chi connectivity index (χ1n) is 3.67. The van der Waals surface area contributed by atoms with Crippen molar-refractivity contribution in [2.75, 3.05) is 12.4 Å². The molecule has 60 valence electrons. The van der Waals surface area contributed by atoms with E-state index in [1.807, 2.05) is 31.3 Å². The van der Waals surface area contributed by atoms with Gasteiger partial charge in [0.2, 0.25) is 0 Å². The van der Waals surface area contributed by atoms with Gasteiger partial charge in [-0.15, -0.1) is 10.2 Å². The molecule has 1 N–H and O–H groups in total. The van der Waals surface area contributed by atoms with E-state index in [4.69, 9.17) is 0 Å². The zero-order valence-corrected chi connectivity index (χ0v) is 6.65. The van der Waals surface area contributed by atoms with E-state index in [0.29, 0.717) is 0 Å². The Bertz CT molecular complexity index is 394. The third-order valence-electron chi connectivity index (χ3n) is 1.69. The van der Waals surface area contributed by atoms with Crippen LogP contribution < -0.4 is 5.32 Å². The van der Waals surface area contributed by atoms with Crippen LogP contribution in [-0.2, 0) is 0 Å². The van der Waals surface area contributed by atoms with Crippen molar-refractivity contribution in [3.8, 4) is 0 Å². The van der Waals surface area contributed by atoms with Crippen LogP contribution >= 0.6 is 0 Å². The van der Waals surface area contributed by atoms with Crippen LogP contribution in [0.1, 0.15) is 0 Å². The van der Waals surface area contributed by atoms with Gasteiger partial charge in [0.05, 0.1) is 5.52 Å². The maximum atomic E-state index is 3.89. The molecule has 12 heavy (non-hydrogen) atoms. The van der Waals surface area contributed by atoms with Crippen LogP contribution in [0.3, 0.4) is 0 Å². The monoisotopic (exact) mass is 160 g/mol. The molecule has 0 aliphatic carbocycles. The van der Waals surface area contributed by atoms with E-state index in [2.05, 4.69) is 20.7 Å². The molecular formula is C8H8N4. The van der Waals surface area contributed by atoms with Gasteiger partial charge in [-0.3, -0.25) is 0 Å². The van der Waals surface area contributed by atoms with E-state index >= 15 is 0 Å². The fraction of sp³-hybridized carbons (Fsp3) is 0.125. The molecule has 1 heterocycles. The van der Waals surface area contributed by atoms with Gasteiger partial charge in [0.15, 0.2) is 5.82 Å². The molecule has 0 atom stereocenters. The molecule has 0 aliphatic heterocycles. The van der Waals surface area contributed by atoms with Crippen LogP contribution in [0.25, 0.3) is 10.9 Å². The largest absolute Gasteiger partial charge is 0.371 e. The van der Waals surface area contributed by atoms with Crippen LogP contribution in [0.15, 0.2) is 24.3 Å². The summed E-state index contributed by atoms with van der Waals surface area (Å²) in [7, 11) is 1.82. The first-order chi connectivity index (χ1) is 5.92. The SMILES string of the molecule is CNc1nnnc2ccccc12. The van der Waals surface area contributed by atoms with Gasteiger partial charge in [0.1, 0.15) is 0 Å². The summed E-state index contributed by atoms with van der Waals surface area (Å²) >= 11 is 0. The van der Waals surface area contributed by atoms with Crippen LogP contribution in [0.2, 0.25) is 0 Å². The molecule has 0 saturated carbocycles. The van der Waals surface area contributed by atoms with Crippen molar-refractivity contribution in [3.63, 3.8) is 0 Å². The number of benzene rings is 1. The summed E-state index contributed by atoms with van der Waals surface area (Å²) in [5.74, 6) is 0.764. The van der Waals surface area contributed by atoms with E-state index in [-0.39, 0.29) is 0 Å². The minimum absolute atomic E-state index is 0.764. The van der Waals surface area contributed by atoms with Crippen molar-refractivity contribution >= 4 is 16.7 Å². The normalized spacial score (nSPS) is 10.1. The zero-order valence-electron chi connectivity index (χ0n) is 6.65. The predicted molar refractivity (Wildman–Crippen MR) is 46.9 cm³/mol. The molecule has 1 aromatic heterocycles. The lowest BCUT2D eigenvalue weighted by Crippen LogP contribution is -1.97. The van der Waals surface area contributed by atoms with Crippen molar-refractivity contribution in [2.24, 2.45) is 0 Å². The molecule has 0 saturated heterocycles. The molecule has 0 amide bonds. The average molecular weight is 160 g/mol. The first-order valence-corrected chi connectivity index (χ1v) is 3.67. The summed E-state index contributed by atoms with van der Waals surface area (Å²) < 4.78 is 0. The van der Waals surface area contributed by atoms with Gasteiger partial charge in [-0.25, -0.2) is 0 Å². The maximum absolute atomic E-state index is 3.89. The Morgan fingerprint density at radius 2 is 2.00 bits per heavy atom. The molecular weight excluding hydrogens is 152 g/mol. The van der Waals surface area contributed by atoms with Gasteiger partial charge < -0.3 is 5.32 Å². The van der Waals surface area contributed by atoms with E-state index in [1.165, 1.54) is 0 Å². The first kappa shape index (κ1) is 6.97. The van der Waals surface area contributed by atoms with Crippen LogP contribution in [0.4, 0.5) is 5.82 Å². The maximum Gasteiger partial charge on any atom is 0.159 e. The molecule has 1 aromatic carbocycles. The molecule has 0 bridgehead atoms. The number of nitrogens with zero attached hydrogens (tertiary/aromatic N) is 3. The number of aromatic nitrogens is 3. The second-order valence-electron chi connectivity index (χ2n) is 2.41. The van der Waals surface area contributed by atoms with Crippen molar-refractivity contribution in [3.05, 3.63) is 24.3 Å². The number of rotatable bonds is 1. The zero-order chi connectivity index (χ0) is 8.39. The lowest BCUT2D eigenvalue weighted by Gasteiger charge is -2.00. The number of hydrogen-bond acceptors (Lipinski definition) is 4. The fourth-order valence-electron chi connectivity index (χ4n) is 1.11. The molecule has 0 radical (unpaired) electrons. The molecule has 2 rings (SSSR count). The summed E-state index contributed by atoms with van der Waals surface area (Å²) in [4.78, 5) is 0. The second-order valence-corrected chi connectivity index (χ2v) is 2.41. The third-order valence-corrected chi connectivity index (χ3v) is 1.69. The van der Waals surface area contributed by atoms with Gasteiger partial charge in [0, 0.05) is 12.4 Å². The molecule has 0 unspecified atom stereocenters. The van der Waals surface area contributed by atoms with E-state index < -0.39 is 0 Å². The van der Waals surface area contributed by atoms with E-state index in [9.17, 15) is 0 Å².